The molecule has 1 saturated carbocycles. The lowest BCUT2D eigenvalue weighted by Gasteiger charge is -2.27. The Labute approximate surface area is 288 Å². The molecule has 1 spiro atoms. The summed E-state index contributed by atoms with van der Waals surface area (Å²) in [4.78, 5) is 58.6. The monoisotopic (exact) mass is 712 g/mol. The van der Waals surface area contributed by atoms with Crippen LogP contribution in [-0.2, 0) is 22.6 Å². The Hall–Kier alpha value is -4.03. The third-order valence-electron chi connectivity index (χ3n) is 10.2. The average molecular weight is 714 g/mol. The molecule has 1 aliphatic carbocycles. The number of pyridine rings is 1. The second kappa shape index (κ2) is 13.1. The molecule has 11 nitrogen and oxygen atoms in total. The van der Waals surface area contributed by atoms with Crippen molar-refractivity contribution in [2.45, 2.75) is 83.8 Å². The molecule has 48 heavy (non-hydrogen) atoms. The van der Waals surface area contributed by atoms with E-state index in [2.05, 4.69) is 53.2 Å². The molecule has 3 aromatic heterocycles. The molecule has 1 N–H and O–H groups in total. The van der Waals surface area contributed by atoms with Crippen molar-refractivity contribution in [3.63, 3.8) is 0 Å². The van der Waals surface area contributed by atoms with E-state index in [9.17, 15) is 14.4 Å². The number of halogens is 1. The maximum atomic E-state index is 14.3. The number of likely N-dealkylation sites (tertiary alicyclic amines) is 1. The van der Waals surface area contributed by atoms with Gasteiger partial charge in [0.2, 0.25) is 11.8 Å². The van der Waals surface area contributed by atoms with Crippen molar-refractivity contribution < 1.29 is 14.4 Å². The molecule has 5 heterocycles. The van der Waals surface area contributed by atoms with E-state index >= 15 is 0 Å². The number of rotatable bonds is 4. The predicted molar refractivity (Wildman–Crippen MR) is 186 cm³/mol. The van der Waals surface area contributed by atoms with Gasteiger partial charge in [-0.25, -0.2) is 15.0 Å². The lowest BCUT2D eigenvalue weighted by molar-refractivity contribution is -0.138. The number of hydrogen-bond donors (Lipinski definition) is 1. The average Bonchev–Trinajstić information content (AvgIpc) is 3.45. The van der Waals surface area contributed by atoms with E-state index in [1.54, 1.807) is 22.0 Å². The molecule has 1 aromatic carbocycles. The van der Waals surface area contributed by atoms with Gasteiger partial charge in [-0.2, -0.15) is 5.10 Å². The molecule has 2 fully saturated rings. The van der Waals surface area contributed by atoms with Crippen molar-refractivity contribution in [3.05, 3.63) is 64.4 Å². The van der Waals surface area contributed by atoms with E-state index in [-0.39, 0.29) is 35.6 Å². The van der Waals surface area contributed by atoms with Crippen LogP contribution in [0.3, 0.4) is 0 Å². The molecule has 4 aromatic rings. The van der Waals surface area contributed by atoms with Crippen molar-refractivity contribution in [2.75, 3.05) is 25.5 Å². The summed E-state index contributed by atoms with van der Waals surface area (Å²) in [5, 5.41) is 8.42. The van der Waals surface area contributed by atoms with Crippen molar-refractivity contribution in [3.8, 4) is 11.1 Å². The third-order valence-corrected chi connectivity index (χ3v) is 10.7. The first kappa shape index (κ1) is 32.5. The minimum atomic E-state index is -0.631. The molecule has 3 aliphatic rings. The van der Waals surface area contributed by atoms with E-state index in [1.165, 1.54) is 19.8 Å². The van der Waals surface area contributed by atoms with Crippen LogP contribution in [-0.4, -0.2) is 84.4 Å². The van der Waals surface area contributed by atoms with Gasteiger partial charge < -0.3 is 15.1 Å². The predicted octanol–water partition coefficient (Wildman–Crippen LogP) is 5.60. The van der Waals surface area contributed by atoms with Crippen LogP contribution in [0.1, 0.15) is 73.7 Å². The summed E-state index contributed by atoms with van der Waals surface area (Å²) < 4.78 is 2.26. The maximum Gasteiger partial charge on any atom is 0.248 e. The van der Waals surface area contributed by atoms with E-state index in [4.69, 9.17) is 0 Å². The summed E-state index contributed by atoms with van der Waals surface area (Å²) in [6.45, 7) is 5.08. The number of piperidine rings is 1. The molecule has 2 amide bonds. The highest BCUT2D eigenvalue weighted by Crippen LogP contribution is 2.60. The number of nitrogens with one attached hydrogen (secondary N) is 1. The molecule has 0 radical (unpaired) electrons. The summed E-state index contributed by atoms with van der Waals surface area (Å²) in [7, 11) is 2.15. The van der Waals surface area contributed by atoms with Gasteiger partial charge in [0, 0.05) is 48.3 Å². The number of amides is 2. The molecule has 0 unspecified atom stereocenters. The molecule has 1 saturated heterocycles. The largest absolute Gasteiger partial charge is 0.325 e. The fourth-order valence-electron chi connectivity index (χ4n) is 7.75. The zero-order valence-corrected chi connectivity index (χ0v) is 29.3. The van der Waals surface area contributed by atoms with Gasteiger partial charge in [0.15, 0.2) is 5.78 Å². The fourth-order valence-corrected chi connectivity index (χ4v) is 8.06. The van der Waals surface area contributed by atoms with E-state index in [1.807, 2.05) is 37.3 Å². The molecule has 2 bridgehead atoms. The van der Waals surface area contributed by atoms with Gasteiger partial charge in [-0.1, -0.05) is 31.4 Å². The molecule has 250 valence electrons. The van der Waals surface area contributed by atoms with Crippen molar-refractivity contribution in [1.29, 1.82) is 0 Å². The minimum Gasteiger partial charge on any atom is -0.325 e. The highest BCUT2D eigenvalue weighted by molar-refractivity contribution is 9.10. The first-order valence-corrected chi connectivity index (χ1v) is 17.7. The summed E-state index contributed by atoms with van der Waals surface area (Å²) in [6, 6.07) is 8.99. The number of anilines is 1. The Balaban J connectivity index is 1.20. The number of nitrogens with zero attached hydrogens (tertiary/aromatic N) is 7. The maximum absolute atomic E-state index is 14.3. The molecular formula is C36H41BrN8O3. The number of ketones is 1. The molecule has 2 aliphatic heterocycles. The van der Waals surface area contributed by atoms with Crippen LogP contribution < -0.4 is 5.32 Å². The number of benzene rings is 1. The molecule has 3 atom stereocenters. The third kappa shape index (κ3) is 6.39. The Bertz CT molecular complexity index is 1890. The Morgan fingerprint density at radius 2 is 1.79 bits per heavy atom. The quantitative estimate of drug-likeness (QED) is 0.214. The summed E-state index contributed by atoms with van der Waals surface area (Å²) in [6.07, 6.45) is 11.5. The number of carbonyl (C=O) groups excluding carboxylic acids is 3. The van der Waals surface area contributed by atoms with Crippen LogP contribution in [0.4, 0.5) is 5.82 Å². The fraction of sp³-hybridized carbons (Fsp3) is 0.472. The second-order valence-electron chi connectivity index (χ2n) is 13.8. The Kier molecular flexibility index (Phi) is 8.88. The smallest absolute Gasteiger partial charge is 0.248 e. The zero-order valence-electron chi connectivity index (χ0n) is 27.7. The number of Topliss-reactive ketones (excluding diaryl/α,β-unsaturated/α-hetero) is 1. The number of fused-ring (bicyclic) bond motifs is 3. The topological polar surface area (TPSA) is 126 Å². The van der Waals surface area contributed by atoms with Crippen LogP contribution in [0, 0.1) is 12.3 Å². The molecular weight excluding hydrogens is 672 g/mol. The van der Waals surface area contributed by atoms with Crippen LogP contribution in [0.5, 0.6) is 0 Å². The second-order valence-corrected chi connectivity index (χ2v) is 14.6. The van der Waals surface area contributed by atoms with Gasteiger partial charge in [-0.3, -0.25) is 19.1 Å². The Morgan fingerprint density at radius 1 is 1.02 bits per heavy atom. The number of aryl methyl sites for hydroxylation is 2. The SMILES string of the molecule is CC(=O)c1nn(CC(=O)N2[C@H]3C[C@]4(C[C@@H]24)CN(C)CCCCCCCc2ccc(Br)nc2NC3=O)c2ccc(-c3cnc(C)nc3)cc12. The van der Waals surface area contributed by atoms with Crippen molar-refractivity contribution >= 4 is 50.2 Å². The summed E-state index contributed by atoms with van der Waals surface area (Å²) in [5.41, 5.74) is 3.54. The lowest BCUT2D eigenvalue weighted by atomic mass is 9.98. The Morgan fingerprint density at radius 3 is 2.58 bits per heavy atom. The number of aromatic nitrogens is 5. The van der Waals surface area contributed by atoms with E-state index in [0.717, 1.165) is 61.9 Å². The van der Waals surface area contributed by atoms with Gasteiger partial charge in [0.05, 0.1) is 5.52 Å². The zero-order chi connectivity index (χ0) is 33.6. The van der Waals surface area contributed by atoms with Crippen LogP contribution in [0.15, 0.2) is 47.3 Å². The van der Waals surface area contributed by atoms with Gasteiger partial charge in [0.25, 0.3) is 0 Å². The highest BCUT2D eigenvalue weighted by atomic mass is 79.9. The first-order chi connectivity index (χ1) is 23.1. The van der Waals surface area contributed by atoms with Crippen LogP contribution in [0.2, 0.25) is 0 Å². The summed E-state index contributed by atoms with van der Waals surface area (Å²) in [5.74, 6) is 0.648. The number of carbonyl (C=O) groups is 3. The van der Waals surface area contributed by atoms with Crippen molar-refractivity contribution in [2.24, 2.45) is 5.41 Å². The van der Waals surface area contributed by atoms with Gasteiger partial charge in [-0.05, 0) is 97.9 Å². The van der Waals surface area contributed by atoms with E-state index < -0.39 is 6.04 Å². The van der Waals surface area contributed by atoms with Gasteiger partial charge in [0.1, 0.15) is 34.5 Å². The van der Waals surface area contributed by atoms with E-state index in [0.29, 0.717) is 39.3 Å². The van der Waals surface area contributed by atoms with Crippen LogP contribution in [0.25, 0.3) is 22.0 Å². The number of hydrogen-bond acceptors (Lipinski definition) is 8. The molecule has 7 rings (SSSR count). The lowest BCUT2D eigenvalue weighted by Crippen LogP contribution is -2.47. The first-order valence-electron chi connectivity index (χ1n) is 16.9. The highest BCUT2D eigenvalue weighted by Gasteiger charge is 2.67. The van der Waals surface area contributed by atoms with Crippen LogP contribution >= 0.6 is 15.9 Å². The molecule has 12 heteroatoms. The normalized spacial score (nSPS) is 23.4. The van der Waals surface area contributed by atoms with Crippen molar-refractivity contribution in [1.82, 2.24) is 34.5 Å². The minimum absolute atomic E-state index is 0.0314. The standard InChI is InChI=1S/C36H41BrN8O3/c1-22(46)33-27-15-25(26-18-38-23(2)39-19-26)10-12-28(27)44(42-33)20-32(47)45-29-16-36(17-30(36)45)21-43(3)14-8-6-4-5-7-9-24-11-13-31(37)40-34(24)41-35(29)48/h10-13,15,18-19,29-30H,4-9,14,16-17,20-21H2,1-3H3,(H,40,41,48)/t29-,30+,36-/m0/s1. The summed E-state index contributed by atoms with van der Waals surface area (Å²) >= 11 is 3.47. The van der Waals surface area contributed by atoms with Gasteiger partial charge >= 0.3 is 0 Å². The van der Waals surface area contributed by atoms with Gasteiger partial charge in [-0.15, -0.1) is 0 Å².